The van der Waals surface area contributed by atoms with Crippen molar-refractivity contribution in [2.75, 3.05) is 7.11 Å². The smallest absolute Gasteiger partial charge is 0.126 e. The van der Waals surface area contributed by atoms with Crippen LogP contribution in [0.4, 0.5) is 4.39 Å². The minimum absolute atomic E-state index is 0.188. The fraction of sp³-hybridized carbons (Fsp3) is 0.278. The topological polar surface area (TPSA) is 41.8 Å². The van der Waals surface area contributed by atoms with Gasteiger partial charge in [0.15, 0.2) is 0 Å². The highest BCUT2D eigenvalue weighted by atomic mass is 19.1. The van der Waals surface area contributed by atoms with E-state index < -0.39 is 0 Å². The summed E-state index contributed by atoms with van der Waals surface area (Å²) < 4.78 is 18.7. The van der Waals surface area contributed by atoms with Crippen LogP contribution in [0.2, 0.25) is 0 Å². The highest BCUT2D eigenvalue weighted by Gasteiger charge is 2.10. The average molecular weight is 301 g/mol. The number of ether oxygens (including phenoxy) is 1. The van der Waals surface area contributed by atoms with Crippen molar-refractivity contribution >= 4 is 5.71 Å². The molecule has 4 heteroatoms. The van der Waals surface area contributed by atoms with Crippen LogP contribution in [0.5, 0.6) is 5.75 Å². The van der Waals surface area contributed by atoms with Gasteiger partial charge in [0.2, 0.25) is 0 Å². The Morgan fingerprint density at radius 1 is 1.18 bits per heavy atom. The molecular weight excluding hydrogens is 281 g/mol. The minimum Gasteiger partial charge on any atom is -0.496 e. The number of oxime groups is 1. The number of rotatable bonds is 5. The SMILES string of the molecule is COc1ccc(F)cc1-c1ccc(C/C(=N/O)C(C)C)cc1. The number of halogens is 1. The van der Waals surface area contributed by atoms with Crippen LogP contribution in [0, 0.1) is 11.7 Å². The van der Waals surface area contributed by atoms with E-state index in [1.54, 1.807) is 13.2 Å². The van der Waals surface area contributed by atoms with Crippen LogP contribution in [0.1, 0.15) is 19.4 Å². The lowest BCUT2D eigenvalue weighted by Crippen LogP contribution is -2.10. The van der Waals surface area contributed by atoms with Gasteiger partial charge in [-0.3, -0.25) is 0 Å². The van der Waals surface area contributed by atoms with Crippen LogP contribution in [-0.4, -0.2) is 18.0 Å². The summed E-state index contributed by atoms with van der Waals surface area (Å²) in [5, 5.41) is 12.4. The summed E-state index contributed by atoms with van der Waals surface area (Å²) in [6.45, 7) is 3.97. The lowest BCUT2D eigenvalue weighted by Gasteiger charge is -2.11. The molecule has 0 atom stereocenters. The van der Waals surface area contributed by atoms with Crippen LogP contribution in [0.15, 0.2) is 47.6 Å². The van der Waals surface area contributed by atoms with Gasteiger partial charge in [-0.2, -0.15) is 0 Å². The Kier molecular flexibility index (Phi) is 5.15. The zero-order chi connectivity index (χ0) is 16.1. The van der Waals surface area contributed by atoms with Crippen molar-refractivity contribution in [3.05, 3.63) is 53.8 Å². The van der Waals surface area contributed by atoms with E-state index in [1.165, 1.54) is 12.1 Å². The lowest BCUT2D eigenvalue weighted by atomic mass is 9.97. The van der Waals surface area contributed by atoms with Gasteiger partial charge in [-0.15, -0.1) is 0 Å². The molecule has 2 rings (SSSR count). The van der Waals surface area contributed by atoms with Gasteiger partial charge in [-0.1, -0.05) is 43.3 Å². The summed E-state index contributed by atoms with van der Waals surface area (Å²) in [6, 6.07) is 12.2. The molecule has 0 fully saturated rings. The molecule has 0 bridgehead atoms. The van der Waals surface area contributed by atoms with E-state index in [2.05, 4.69) is 5.16 Å². The first-order valence-corrected chi connectivity index (χ1v) is 7.18. The zero-order valence-electron chi connectivity index (χ0n) is 13.0. The van der Waals surface area contributed by atoms with Gasteiger partial charge in [0, 0.05) is 12.0 Å². The Morgan fingerprint density at radius 3 is 2.41 bits per heavy atom. The van der Waals surface area contributed by atoms with Crippen LogP contribution in [0.25, 0.3) is 11.1 Å². The van der Waals surface area contributed by atoms with Crippen LogP contribution >= 0.6 is 0 Å². The second-order valence-corrected chi connectivity index (χ2v) is 5.46. The van der Waals surface area contributed by atoms with Crippen molar-refractivity contribution in [2.45, 2.75) is 20.3 Å². The number of hydrogen-bond donors (Lipinski definition) is 1. The van der Waals surface area contributed by atoms with E-state index in [0.29, 0.717) is 17.7 Å². The first-order valence-electron chi connectivity index (χ1n) is 7.18. The van der Waals surface area contributed by atoms with E-state index in [4.69, 9.17) is 9.94 Å². The minimum atomic E-state index is -0.297. The number of methoxy groups -OCH3 is 1. The summed E-state index contributed by atoms with van der Waals surface area (Å²) in [5.41, 5.74) is 3.37. The molecule has 0 aliphatic carbocycles. The molecule has 0 unspecified atom stereocenters. The highest BCUT2D eigenvalue weighted by Crippen LogP contribution is 2.30. The normalized spacial score (nSPS) is 11.8. The fourth-order valence-electron chi connectivity index (χ4n) is 2.27. The molecule has 0 amide bonds. The van der Waals surface area contributed by atoms with E-state index >= 15 is 0 Å². The lowest BCUT2D eigenvalue weighted by molar-refractivity contribution is 0.314. The summed E-state index contributed by atoms with van der Waals surface area (Å²) in [7, 11) is 1.57. The molecule has 1 N–H and O–H groups in total. The van der Waals surface area contributed by atoms with E-state index in [9.17, 15) is 4.39 Å². The average Bonchev–Trinajstić information content (AvgIpc) is 2.52. The molecule has 22 heavy (non-hydrogen) atoms. The van der Waals surface area contributed by atoms with Crippen molar-refractivity contribution in [3.63, 3.8) is 0 Å². The molecule has 0 aliphatic rings. The molecule has 2 aromatic carbocycles. The summed E-state index contributed by atoms with van der Waals surface area (Å²) >= 11 is 0. The molecule has 2 aromatic rings. The van der Waals surface area contributed by atoms with E-state index in [0.717, 1.165) is 16.8 Å². The molecule has 0 spiro atoms. The molecular formula is C18H20FNO2. The maximum absolute atomic E-state index is 13.5. The van der Waals surface area contributed by atoms with Gasteiger partial charge < -0.3 is 9.94 Å². The number of nitrogens with zero attached hydrogens (tertiary/aromatic N) is 1. The Hall–Kier alpha value is -2.36. The highest BCUT2D eigenvalue weighted by molar-refractivity contribution is 5.87. The quantitative estimate of drug-likeness (QED) is 0.501. The molecule has 0 saturated carbocycles. The second-order valence-electron chi connectivity index (χ2n) is 5.46. The Bertz CT molecular complexity index is 663. The molecule has 0 heterocycles. The van der Waals surface area contributed by atoms with Crippen molar-refractivity contribution in [2.24, 2.45) is 11.1 Å². The van der Waals surface area contributed by atoms with Crippen LogP contribution in [0.3, 0.4) is 0 Å². The van der Waals surface area contributed by atoms with E-state index in [-0.39, 0.29) is 11.7 Å². The largest absolute Gasteiger partial charge is 0.496 e. The molecule has 116 valence electrons. The first kappa shape index (κ1) is 16.0. The monoisotopic (exact) mass is 301 g/mol. The maximum atomic E-state index is 13.5. The maximum Gasteiger partial charge on any atom is 0.126 e. The summed E-state index contributed by atoms with van der Waals surface area (Å²) in [4.78, 5) is 0. The summed E-state index contributed by atoms with van der Waals surface area (Å²) in [6.07, 6.45) is 0.592. The third kappa shape index (κ3) is 3.64. The van der Waals surface area contributed by atoms with Crippen molar-refractivity contribution < 1.29 is 14.3 Å². The van der Waals surface area contributed by atoms with Crippen LogP contribution in [-0.2, 0) is 6.42 Å². The van der Waals surface area contributed by atoms with Gasteiger partial charge in [0.1, 0.15) is 11.6 Å². The number of hydrogen-bond acceptors (Lipinski definition) is 3. The summed E-state index contributed by atoms with van der Waals surface area (Å²) in [5.74, 6) is 0.524. The van der Waals surface area contributed by atoms with E-state index in [1.807, 2.05) is 38.1 Å². The fourth-order valence-corrected chi connectivity index (χ4v) is 2.27. The van der Waals surface area contributed by atoms with Crippen molar-refractivity contribution in [1.82, 2.24) is 0 Å². The first-order chi connectivity index (χ1) is 10.5. The third-order valence-electron chi connectivity index (χ3n) is 3.61. The Labute approximate surface area is 130 Å². The predicted octanol–water partition coefficient (Wildman–Crippen LogP) is 4.53. The van der Waals surface area contributed by atoms with Gasteiger partial charge in [-0.25, -0.2) is 4.39 Å². The predicted molar refractivity (Wildman–Crippen MR) is 86.2 cm³/mol. The second kappa shape index (κ2) is 7.07. The zero-order valence-corrected chi connectivity index (χ0v) is 13.0. The molecule has 0 radical (unpaired) electrons. The van der Waals surface area contributed by atoms with Gasteiger partial charge in [0.05, 0.1) is 12.8 Å². The van der Waals surface area contributed by atoms with Crippen molar-refractivity contribution in [3.8, 4) is 16.9 Å². The van der Waals surface area contributed by atoms with Gasteiger partial charge >= 0.3 is 0 Å². The Morgan fingerprint density at radius 2 is 1.86 bits per heavy atom. The van der Waals surface area contributed by atoms with Crippen LogP contribution < -0.4 is 4.74 Å². The van der Waals surface area contributed by atoms with Gasteiger partial charge in [-0.05, 0) is 35.2 Å². The molecule has 0 aliphatic heterocycles. The van der Waals surface area contributed by atoms with Crippen molar-refractivity contribution in [1.29, 1.82) is 0 Å². The molecule has 3 nitrogen and oxygen atoms in total. The molecule has 0 aromatic heterocycles. The molecule has 0 saturated heterocycles. The third-order valence-corrected chi connectivity index (χ3v) is 3.61. The number of benzene rings is 2. The standard InChI is InChI=1S/C18H20FNO2/c1-12(2)17(20-21)10-13-4-6-14(7-5-13)16-11-15(19)8-9-18(16)22-3/h4-9,11-12,21H,10H2,1-3H3/b20-17-. The van der Waals surface area contributed by atoms with Gasteiger partial charge in [0.25, 0.3) is 0 Å². The Balaban J connectivity index is 2.28.